The van der Waals surface area contributed by atoms with Crippen LogP contribution < -0.4 is 0 Å². The van der Waals surface area contributed by atoms with Gasteiger partial charge in [0, 0.05) is 0 Å². The van der Waals surface area contributed by atoms with E-state index in [-0.39, 0.29) is 0 Å². The van der Waals surface area contributed by atoms with E-state index in [9.17, 15) is 0 Å². The van der Waals surface area contributed by atoms with Crippen LogP contribution in [0.25, 0.3) is 0 Å². The Kier molecular flexibility index (Phi) is 10.0. The number of hydrogen-bond donors (Lipinski definition) is 0. The molecule has 0 unspecified atom stereocenters. The van der Waals surface area contributed by atoms with Crippen molar-refractivity contribution in [2.75, 3.05) is 0 Å². The van der Waals surface area contributed by atoms with Crippen LogP contribution in [0.4, 0.5) is 0 Å². The Morgan fingerprint density at radius 3 is 0.773 bits per heavy atom. The quantitative estimate of drug-likeness (QED) is 0.422. The predicted octanol–water partition coefficient (Wildman–Crippen LogP) is 6.62. The van der Waals surface area contributed by atoms with Crippen LogP contribution in [0, 0.1) is 55.4 Å². The van der Waals surface area contributed by atoms with E-state index in [4.69, 9.17) is 17.0 Å². The number of hydrogen-bond acceptors (Lipinski definition) is 0. The van der Waals surface area contributed by atoms with Crippen LogP contribution in [-0.2, 0) is 18.9 Å². The molecule has 0 N–H and O–H groups in total. The average molecular weight is 419 g/mol. The van der Waals surface area contributed by atoms with Crippen molar-refractivity contribution in [1.29, 1.82) is 0 Å². The van der Waals surface area contributed by atoms with Gasteiger partial charge < -0.3 is 0 Å². The monoisotopic (exact) mass is 416 g/mol. The Bertz CT molecular complexity index is 531. The van der Waals surface area contributed by atoms with Crippen LogP contribution in [0.1, 0.15) is 44.5 Å². The molecule has 0 saturated carbocycles. The fourth-order valence-electron chi connectivity index (χ4n) is 2.27. The van der Waals surface area contributed by atoms with Crippen molar-refractivity contribution in [1.82, 2.24) is 0 Å². The first-order valence-corrected chi connectivity index (χ1v) is 15.5. The van der Waals surface area contributed by atoms with Crippen molar-refractivity contribution in [2.24, 2.45) is 0 Å². The van der Waals surface area contributed by atoms with Gasteiger partial charge in [0.1, 0.15) is 0 Å². The molecule has 0 saturated heterocycles. The molecule has 0 fully saturated rings. The van der Waals surface area contributed by atoms with Gasteiger partial charge in [0.25, 0.3) is 0 Å². The van der Waals surface area contributed by atoms with E-state index in [0.717, 1.165) is 0 Å². The summed E-state index contributed by atoms with van der Waals surface area (Å²) in [6.07, 6.45) is 0. The molecule has 2 aromatic rings. The van der Waals surface area contributed by atoms with Gasteiger partial charge in [-0.15, -0.1) is 0 Å². The summed E-state index contributed by atoms with van der Waals surface area (Å²) in [6.45, 7) is 17.4. The second-order valence-corrected chi connectivity index (χ2v) is 14.1. The van der Waals surface area contributed by atoms with E-state index in [1.807, 2.05) is 0 Å². The first-order chi connectivity index (χ1) is 9.98. The molecule has 3 heteroatoms. The van der Waals surface area contributed by atoms with E-state index in [1.165, 1.54) is 44.5 Å². The summed E-state index contributed by atoms with van der Waals surface area (Å²) in [7, 11) is 10.3. The van der Waals surface area contributed by atoms with E-state index in [0.29, 0.717) is 0 Å². The van der Waals surface area contributed by atoms with Gasteiger partial charge in [0.15, 0.2) is 0 Å². The van der Waals surface area contributed by atoms with Crippen molar-refractivity contribution in [3.63, 3.8) is 0 Å². The molecule has 0 radical (unpaired) electrons. The fourth-order valence-corrected chi connectivity index (χ4v) is 2.27. The topological polar surface area (TPSA) is 0 Å². The molecule has 2 aromatic carbocycles. The molecule has 2 rings (SSSR count). The van der Waals surface area contributed by atoms with E-state index in [2.05, 4.69) is 71.7 Å². The van der Waals surface area contributed by atoms with Crippen molar-refractivity contribution < 1.29 is 18.9 Å². The van der Waals surface area contributed by atoms with Gasteiger partial charge in [-0.05, 0) is 0 Å². The molecular formula is C19H28Cl2Zr-2. The van der Waals surface area contributed by atoms with Crippen LogP contribution in [0.3, 0.4) is 0 Å². The summed E-state index contributed by atoms with van der Waals surface area (Å²) in [6, 6.07) is 4.48. The second kappa shape index (κ2) is 10.0. The van der Waals surface area contributed by atoms with Crippen LogP contribution in [-0.4, -0.2) is 4.21 Å². The molecule has 0 aromatic heterocycles. The van der Waals surface area contributed by atoms with E-state index >= 15 is 0 Å². The number of rotatable bonds is 0. The maximum absolute atomic E-state index is 5.13. The van der Waals surface area contributed by atoms with Crippen LogP contribution in [0.2, 0.25) is 0 Å². The van der Waals surface area contributed by atoms with Crippen LogP contribution >= 0.6 is 17.0 Å². The van der Waals surface area contributed by atoms with Gasteiger partial charge in [-0.1, -0.05) is 55.4 Å². The molecule has 0 amide bonds. The molecule has 0 aliphatic rings. The normalized spacial score (nSPS) is 9.55. The summed E-state index contributed by atoms with van der Waals surface area (Å²) in [5.41, 5.74) is 11.5. The summed E-state index contributed by atoms with van der Waals surface area (Å²) in [4.78, 5) is 0. The Balaban J connectivity index is 0.000000326. The summed E-state index contributed by atoms with van der Waals surface area (Å²) < 4.78 is 3.37. The zero-order chi connectivity index (χ0) is 17.6. The first kappa shape index (κ1) is 22.0. The van der Waals surface area contributed by atoms with Gasteiger partial charge in [0.2, 0.25) is 0 Å². The maximum atomic E-state index is 5.13. The molecular weight excluding hydrogens is 390 g/mol. The molecule has 0 bridgehead atoms. The molecule has 124 valence electrons. The predicted molar refractivity (Wildman–Crippen MR) is 101 cm³/mol. The number of halogens is 2. The van der Waals surface area contributed by atoms with Gasteiger partial charge >= 0.3 is 40.1 Å². The van der Waals surface area contributed by atoms with E-state index < -0.39 is 18.9 Å². The Morgan fingerprint density at radius 1 is 0.591 bits per heavy atom. The van der Waals surface area contributed by atoms with Crippen molar-refractivity contribution in [2.45, 2.75) is 55.4 Å². The third kappa shape index (κ3) is 7.07. The van der Waals surface area contributed by atoms with Gasteiger partial charge in [-0.25, -0.2) is 0 Å². The molecule has 0 atom stereocenters. The fraction of sp³-hybridized carbons (Fsp3) is 0.421. The van der Waals surface area contributed by atoms with Gasteiger partial charge in [-0.2, -0.15) is 56.6 Å². The Hall–Kier alpha value is 0.0331. The first-order valence-electron chi connectivity index (χ1n) is 7.39. The third-order valence-corrected chi connectivity index (χ3v) is 4.36. The van der Waals surface area contributed by atoms with Crippen molar-refractivity contribution in [3.05, 3.63) is 56.6 Å². The summed E-state index contributed by atoms with van der Waals surface area (Å²) in [5.74, 6) is 0. The standard InChI is InChI=1S/2C9H13.CH2.2ClH.Zr/c2*1-6-5-7(2)9(4)8(6)3;;;;/h2*5H,1-4H3;1H2;2*1H;/q2*-1;;;;+2/p-2. The van der Waals surface area contributed by atoms with Crippen molar-refractivity contribution >= 4 is 21.2 Å². The third-order valence-electron chi connectivity index (χ3n) is 4.36. The Labute approximate surface area is 151 Å². The molecule has 0 aliphatic carbocycles. The summed E-state index contributed by atoms with van der Waals surface area (Å²) >= 11 is -1.85. The number of aryl methyl sites for hydroxylation is 4. The van der Waals surface area contributed by atoms with E-state index in [1.54, 1.807) is 0 Å². The Morgan fingerprint density at radius 2 is 0.727 bits per heavy atom. The zero-order valence-electron chi connectivity index (χ0n) is 15.1. The SMILES string of the molecule is Cc1[cH-]c(C)c(C)c1C.Cc1[cH-]c(C)c(C)c1C.[CH2]=[Zr]([Cl])[Cl]. The van der Waals surface area contributed by atoms with Gasteiger partial charge in [0.05, 0.1) is 0 Å². The zero-order valence-corrected chi connectivity index (χ0v) is 19.1. The minimum atomic E-state index is -1.85. The molecule has 22 heavy (non-hydrogen) atoms. The summed E-state index contributed by atoms with van der Waals surface area (Å²) in [5, 5.41) is 0. The molecule has 0 heterocycles. The molecule has 0 nitrogen and oxygen atoms in total. The van der Waals surface area contributed by atoms with Crippen molar-refractivity contribution in [3.8, 4) is 0 Å². The van der Waals surface area contributed by atoms with Crippen LogP contribution in [0.15, 0.2) is 12.1 Å². The van der Waals surface area contributed by atoms with Gasteiger partial charge in [-0.3, -0.25) is 0 Å². The van der Waals surface area contributed by atoms with Crippen LogP contribution in [0.5, 0.6) is 0 Å². The average Bonchev–Trinajstić information content (AvgIpc) is 2.75. The molecule has 0 aliphatic heterocycles. The molecule has 0 spiro atoms. The second-order valence-electron chi connectivity index (χ2n) is 5.86. The minimum absolute atomic E-state index is 1.42.